The van der Waals surface area contributed by atoms with Crippen LogP contribution in [0.3, 0.4) is 0 Å². The molecule has 0 spiro atoms. The monoisotopic (exact) mass is 277 g/mol. The third-order valence-corrected chi connectivity index (χ3v) is 4.44. The summed E-state index contributed by atoms with van der Waals surface area (Å²) >= 11 is 1.50. The molecule has 0 saturated heterocycles. The zero-order valence-corrected chi connectivity index (χ0v) is 11.3. The van der Waals surface area contributed by atoms with Crippen molar-refractivity contribution in [3.8, 4) is 10.8 Å². The number of hydrogen-bond donors (Lipinski definition) is 1. The van der Waals surface area contributed by atoms with Crippen molar-refractivity contribution in [3.05, 3.63) is 29.0 Å². The van der Waals surface area contributed by atoms with Crippen LogP contribution in [0.5, 0.6) is 0 Å². The van der Waals surface area contributed by atoms with Gasteiger partial charge in [0, 0.05) is 6.42 Å². The fraction of sp³-hybridized carbons (Fsp3) is 0.429. The molecule has 2 aromatic rings. The summed E-state index contributed by atoms with van der Waals surface area (Å²) in [5.41, 5.74) is 0.0790. The van der Waals surface area contributed by atoms with E-state index in [4.69, 9.17) is 4.42 Å². The molecular weight excluding hydrogens is 262 g/mol. The second-order valence-corrected chi connectivity index (χ2v) is 5.88. The lowest BCUT2D eigenvalue weighted by Gasteiger charge is -2.05. The van der Waals surface area contributed by atoms with Crippen LogP contribution in [-0.4, -0.2) is 16.1 Å². The van der Waals surface area contributed by atoms with Crippen molar-refractivity contribution in [1.82, 2.24) is 4.98 Å². The highest BCUT2D eigenvalue weighted by Gasteiger charge is 2.25. The molecule has 0 aliphatic heterocycles. The molecule has 100 valence electrons. The molecular formula is C14H15NO3S. The Morgan fingerprint density at radius 1 is 1.47 bits per heavy atom. The van der Waals surface area contributed by atoms with Gasteiger partial charge in [0.25, 0.3) is 0 Å². The molecule has 1 saturated carbocycles. The van der Waals surface area contributed by atoms with Gasteiger partial charge in [-0.05, 0) is 17.4 Å². The highest BCUT2D eigenvalue weighted by Crippen LogP contribution is 2.32. The molecule has 0 amide bonds. The van der Waals surface area contributed by atoms with Crippen molar-refractivity contribution in [2.75, 3.05) is 0 Å². The van der Waals surface area contributed by atoms with E-state index in [1.54, 1.807) is 0 Å². The highest BCUT2D eigenvalue weighted by atomic mass is 32.1. The van der Waals surface area contributed by atoms with Crippen LogP contribution in [-0.2, 0) is 6.42 Å². The number of carboxylic acids is 1. The zero-order chi connectivity index (χ0) is 13.2. The van der Waals surface area contributed by atoms with Crippen LogP contribution in [0.4, 0.5) is 0 Å². The van der Waals surface area contributed by atoms with Crippen molar-refractivity contribution in [2.45, 2.75) is 32.1 Å². The molecule has 3 rings (SSSR count). The van der Waals surface area contributed by atoms with Crippen LogP contribution >= 0.6 is 11.3 Å². The first-order valence-corrected chi connectivity index (χ1v) is 7.39. The van der Waals surface area contributed by atoms with Crippen molar-refractivity contribution >= 4 is 17.3 Å². The molecule has 0 radical (unpaired) electrons. The highest BCUT2D eigenvalue weighted by molar-refractivity contribution is 7.13. The van der Waals surface area contributed by atoms with Gasteiger partial charge in [-0.3, -0.25) is 0 Å². The lowest BCUT2D eigenvalue weighted by atomic mass is 10.0. The average Bonchev–Trinajstić information content (AvgIpc) is 3.09. The van der Waals surface area contributed by atoms with E-state index in [9.17, 15) is 9.90 Å². The number of aromatic nitrogens is 1. The minimum Gasteiger partial charge on any atom is -0.476 e. The summed E-state index contributed by atoms with van der Waals surface area (Å²) in [6, 6.07) is 3.79. The van der Waals surface area contributed by atoms with Gasteiger partial charge in [0.15, 0.2) is 5.69 Å². The number of rotatable bonds is 4. The van der Waals surface area contributed by atoms with Crippen molar-refractivity contribution < 1.29 is 14.3 Å². The number of thiophene rings is 1. The van der Waals surface area contributed by atoms with Crippen LogP contribution in [0.15, 0.2) is 21.9 Å². The molecule has 1 aliphatic rings. The quantitative estimate of drug-likeness (QED) is 0.922. The molecule has 0 atom stereocenters. The van der Waals surface area contributed by atoms with Gasteiger partial charge in [0.2, 0.25) is 5.89 Å². The van der Waals surface area contributed by atoms with E-state index in [0.717, 1.165) is 17.7 Å². The second-order valence-electron chi connectivity index (χ2n) is 4.93. The summed E-state index contributed by atoms with van der Waals surface area (Å²) in [7, 11) is 0. The fourth-order valence-electron chi connectivity index (χ4n) is 2.64. The summed E-state index contributed by atoms with van der Waals surface area (Å²) in [5, 5.41) is 11.2. The fourth-order valence-corrected chi connectivity index (χ4v) is 3.29. The first kappa shape index (κ1) is 12.4. The van der Waals surface area contributed by atoms with Crippen molar-refractivity contribution in [1.29, 1.82) is 0 Å². The number of carboxylic acid groups (broad SMARTS) is 1. The lowest BCUT2D eigenvalue weighted by Crippen LogP contribution is -2.05. The number of nitrogens with zero attached hydrogens (tertiary/aromatic N) is 1. The molecule has 0 aromatic carbocycles. The Kier molecular flexibility index (Phi) is 3.38. The standard InChI is InChI=1S/C14H15NO3S/c16-14(17)12-10(8-9-4-1-2-5-9)18-13(15-12)11-6-3-7-19-11/h3,6-7,9H,1-2,4-5,8H2,(H,16,17). The largest absolute Gasteiger partial charge is 0.476 e. The predicted octanol–water partition coefficient (Wildman–Crippen LogP) is 3.83. The van der Waals surface area contributed by atoms with E-state index in [1.807, 2.05) is 17.5 Å². The molecule has 19 heavy (non-hydrogen) atoms. The van der Waals surface area contributed by atoms with E-state index < -0.39 is 5.97 Å². The van der Waals surface area contributed by atoms with Crippen molar-refractivity contribution in [3.63, 3.8) is 0 Å². The SMILES string of the molecule is O=C(O)c1nc(-c2cccs2)oc1CC1CCCC1. The number of aromatic carboxylic acids is 1. The van der Waals surface area contributed by atoms with Crippen LogP contribution in [0.25, 0.3) is 10.8 Å². The zero-order valence-electron chi connectivity index (χ0n) is 10.5. The Labute approximate surface area is 115 Å². The molecule has 5 heteroatoms. The summed E-state index contributed by atoms with van der Waals surface area (Å²) in [4.78, 5) is 16.3. The van der Waals surface area contributed by atoms with Crippen LogP contribution in [0.1, 0.15) is 41.9 Å². The minimum absolute atomic E-state index is 0.0790. The number of carbonyl (C=O) groups is 1. The van der Waals surface area contributed by atoms with E-state index in [0.29, 0.717) is 24.0 Å². The molecule has 2 heterocycles. The Hall–Kier alpha value is -1.62. The van der Waals surface area contributed by atoms with Crippen molar-refractivity contribution in [2.24, 2.45) is 5.92 Å². The molecule has 1 aliphatic carbocycles. The lowest BCUT2D eigenvalue weighted by molar-refractivity contribution is 0.0688. The Morgan fingerprint density at radius 3 is 2.89 bits per heavy atom. The van der Waals surface area contributed by atoms with E-state index >= 15 is 0 Å². The number of hydrogen-bond acceptors (Lipinski definition) is 4. The maximum absolute atomic E-state index is 11.3. The first-order valence-electron chi connectivity index (χ1n) is 6.51. The third-order valence-electron chi connectivity index (χ3n) is 3.58. The Bertz CT molecular complexity index is 568. The molecule has 2 aromatic heterocycles. The smallest absolute Gasteiger partial charge is 0.358 e. The van der Waals surface area contributed by atoms with Gasteiger partial charge in [0.05, 0.1) is 4.88 Å². The van der Waals surface area contributed by atoms with E-state index in [-0.39, 0.29) is 5.69 Å². The summed E-state index contributed by atoms with van der Waals surface area (Å²) in [6.45, 7) is 0. The summed E-state index contributed by atoms with van der Waals surface area (Å²) in [5.74, 6) is 0.505. The Balaban J connectivity index is 1.90. The minimum atomic E-state index is -1.00. The van der Waals surface area contributed by atoms with Gasteiger partial charge in [-0.1, -0.05) is 31.7 Å². The number of oxazole rings is 1. The third kappa shape index (κ3) is 2.56. The average molecular weight is 277 g/mol. The van der Waals surface area contributed by atoms with Gasteiger partial charge in [-0.2, -0.15) is 0 Å². The summed E-state index contributed by atoms with van der Waals surface area (Å²) < 4.78 is 5.70. The molecule has 1 N–H and O–H groups in total. The van der Waals surface area contributed by atoms with Gasteiger partial charge < -0.3 is 9.52 Å². The van der Waals surface area contributed by atoms with Gasteiger partial charge >= 0.3 is 5.97 Å². The van der Waals surface area contributed by atoms with Gasteiger partial charge in [0.1, 0.15) is 5.76 Å². The maximum atomic E-state index is 11.3. The predicted molar refractivity (Wildman–Crippen MR) is 72.4 cm³/mol. The summed E-state index contributed by atoms with van der Waals surface area (Å²) in [6.07, 6.45) is 5.49. The normalized spacial score (nSPS) is 16.0. The van der Waals surface area contributed by atoms with E-state index in [1.165, 1.54) is 24.2 Å². The molecule has 4 nitrogen and oxygen atoms in total. The van der Waals surface area contributed by atoms with Gasteiger partial charge in [-0.15, -0.1) is 11.3 Å². The van der Waals surface area contributed by atoms with Crippen LogP contribution in [0.2, 0.25) is 0 Å². The maximum Gasteiger partial charge on any atom is 0.358 e. The first-order chi connectivity index (χ1) is 9.24. The Morgan fingerprint density at radius 2 is 2.26 bits per heavy atom. The molecule has 0 bridgehead atoms. The molecule has 1 fully saturated rings. The van der Waals surface area contributed by atoms with Gasteiger partial charge in [-0.25, -0.2) is 9.78 Å². The van der Waals surface area contributed by atoms with E-state index in [2.05, 4.69) is 4.98 Å². The topological polar surface area (TPSA) is 63.3 Å². The molecule has 0 unspecified atom stereocenters. The van der Waals surface area contributed by atoms with Crippen LogP contribution < -0.4 is 0 Å². The second kappa shape index (κ2) is 5.17. The van der Waals surface area contributed by atoms with Crippen LogP contribution in [0, 0.1) is 5.92 Å².